The summed E-state index contributed by atoms with van der Waals surface area (Å²) in [7, 11) is 0. The lowest BCUT2D eigenvalue weighted by Crippen LogP contribution is -2.47. The monoisotopic (exact) mass is 232 g/mol. The Bertz CT molecular complexity index is 425. The third kappa shape index (κ3) is 2.42. The van der Waals surface area contributed by atoms with Crippen molar-refractivity contribution in [1.82, 2.24) is 5.43 Å². The molecule has 0 aromatic heterocycles. The van der Waals surface area contributed by atoms with E-state index in [9.17, 15) is 0 Å². The van der Waals surface area contributed by atoms with Crippen LogP contribution in [-0.2, 0) is 6.42 Å². The predicted molar refractivity (Wildman–Crippen MR) is 72.1 cm³/mol. The zero-order chi connectivity index (χ0) is 12.3. The largest absolute Gasteiger partial charge is 0.311 e. The summed E-state index contributed by atoms with van der Waals surface area (Å²) in [6, 6.07) is 6.55. The highest BCUT2D eigenvalue weighted by Crippen LogP contribution is 2.27. The molecule has 0 amide bonds. The van der Waals surface area contributed by atoms with Gasteiger partial charge in [-0.1, -0.05) is 17.7 Å². The van der Waals surface area contributed by atoms with Crippen LogP contribution in [0, 0.1) is 6.92 Å². The molecule has 3 N–H and O–H groups in total. The highest BCUT2D eigenvalue weighted by Gasteiger charge is 2.20. The first-order valence-corrected chi connectivity index (χ1v) is 6.14. The second kappa shape index (κ2) is 5.19. The first-order chi connectivity index (χ1) is 8.26. The van der Waals surface area contributed by atoms with Crippen LogP contribution in [0.2, 0.25) is 0 Å². The van der Waals surface area contributed by atoms with Crippen molar-refractivity contribution in [3.8, 4) is 0 Å². The van der Waals surface area contributed by atoms with Crippen LogP contribution in [0.5, 0.6) is 0 Å². The Kier molecular flexibility index (Phi) is 3.64. The van der Waals surface area contributed by atoms with Crippen molar-refractivity contribution in [3.05, 3.63) is 29.3 Å². The normalized spacial score (nSPS) is 15.7. The number of anilines is 1. The summed E-state index contributed by atoms with van der Waals surface area (Å²) in [5, 5.41) is 0. The lowest BCUT2D eigenvalue weighted by Gasteiger charge is -2.31. The van der Waals surface area contributed by atoms with E-state index in [-0.39, 0.29) is 0 Å². The molecule has 4 nitrogen and oxygen atoms in total. The van der Waals surface area contributed by atoms with Gasteiger partial charge in [0.2, 0.25) is 5.96 Å². The van der Waals surface area contributed by atoms with Gasteiger partial charge in [-0.2, -0.15) is 0 Å². The lowest BCUT2D eigenvalue weighted by molar-refractivity contribution is 0.758. The summed E-state index contributed by atoms with van der Waals surface area (Å²) >= 11 is 0. The van der Waals surface area contributed by atoms with Crippen LogP contribution in [0.15, 0.2) is 23.2 Å². The standard InChI is InChI=1S/C13H20N4/c1-3-15-13(16-14)17-8-4-5-11-9-10(2)6-7-12(11)17/h6-7,9H,3-5,8,14H2,1-2H3,(H,15,16). The molecule has 0 spiro atoms. The number of guanidine groups is 1. The van der Waals surface area contributed by atoms with Gasteiger partial charge < -0.3 is 4.90 Å². The number of fused-ring (bicyclic) bond motifs is 1. The number of hydrogen-bond donors (Lipinski definition) is 2. The van der Waals surface area contributed by atoms with Gasteiger partial charge in [0, 0.05) is 18.8 Å². The van der Waals surface area contributed by atoms with Gasteiger partial charge in [-0.05, 0) is 38.3 Å². The van der Waals surface area contributed by atoms with Crippen LogP contribution in [0.1, 0.15) is 24.5 Å². The van der Waals surface area contributed by atoms with Gasteiger partial charge in [-0.25, -0.2) is 5.84 Å². The Balaban J connectivity index is 2.37. The number of rotatable bonds is 1. The van der Waals surface area contributed by atoms with Gasteiger partial charge >= 0.3 is 0 Å². The molecular formula is C13H20N4. The number of aryl methyl sites for hydroxylation is 2. The highest BCUT2D eigenvalue weighted by molar-refractivity contribution is 5.96. The molecule has 92 valence electrons. The molecule has 0 saturated carbocycles. The van der Waals surface area contributed by atoms with Crippen LogP contribution in [-0.4, -0.2) is 19.0 Å². The fraction of sp³-hybridized carbons (Fsp3) is 0.462. The number of hydrogen-bond acceptors (Lipinski definition) is 2. The predicted octanol–water partition coefficient (Wildman–Crippen LogP) is 1.59. The minimum atomic E-state index is 0.733. The number of hydrazine groups is 1. The molecule has 1 aromatic rings. The van der Waals surface area contributed by atoms with Crippen LogP contribution in [0.25, 0.3) is 0 Å². The van der Waals surface area contributed by atoms with Crippen molar-refractivity contribution in [2.75, 3.05) is 18.0 Å². The second-order valence-corrected chi connectivity index (χ2v) is 4.33. The molecule has 1 heterocycles. The smallest absolute Gasteiger partial charge is 0.212 e. The van der Waals surface area contributed by atoms with Crippen LogP contribution >= 0.6 is 0 Å². The average molecular weight is 232 g/mol. The van der Waals surface area contributed by atoms with Gasteiger partial charge in [-0.3, -0.25) is 10.4 Å². The lowest BCUT2D eigenvalue weighted by atomic mass is 10.00. The molecule has 0 atom stereocenters. The average Bonchev–Trinajstić information content (AvgIpc) is 2.35. The molecule has 0 bridgehead atoms. The molecule has 2 rings (SSSR count). The van der Waals surface area contributed by atoms with Crippen molar-refractivity contribution in [2.45, 2.75) is 26.7 Å². The molecule has 0 radical (unpaired) electrons. The van der Waals surface area contributed by atoms with Crippen molar-refractivity contribution in [2.24, 2.45) is 10.8 Å². The molecular weight excluding hydrogens is 212 g/mol. The molecule has 0 saturated heterocycles. The minimum Gasteiger partial charge on any atom is -0.311 e. The van der Waals surface area contributed by atoms with Gasteiger partial charge in [0.15, 0.2) is 0 Å². The molecule has 1 aliphatic rings. The van der Waals surface area contributed by atoms with E-state index < -0.39 is 0 Å². The SMILES string of the molecule is CCN=C(NN)N1CCCc2cc(C)ccc21. The maximum atomic E-state index is 5.55. The molecule has 4 heteroatoms. The third-order valence-corrected chi connectivity index (χ3v) is 3.05. The Hall–Kier alpha value is -1.55. The minimum absolute atomic E-state index is 0.733. The number of nitrogens with one attached hydrogen (secondary N) is 1. The Labute approximate surface area is 102 Å². The van der Waals surface area contributed by atoms with E-state index >= 15 is 0 Å². The van der Waals surface area contributed by atoms with Crippen molar-refractivity contribution >= 4 is 11.6 Å². The fourth-order valence-corrected chi connectivity index (χ4v) is 2.30. The summed E-state index contributed by atoms with van der Waals surface area (Å²) in [5.41, 5.74) is 6.62. The van der Waals surface area contributed by atoms with Gasteiger partial charge in [-0.15, -0.1) is 0 Å². The number of nitrogens with two attached hydrogens (primary N) is 1. The maximum absolute atomic E-state index is 5.55. The summed E-state index contributed by atoms with van der Waals surface area (Å²) in [6.07, 6.45) is 2.28. The summed E-state index contributed by atoms with van der Waals surface area (Å²) < 4.78 is 0. The van der Waals surface area contributed by atoms with E-state index in [0.29, 0.717) is 0 Å². The summed E-state index contributed by atoms with van der Waals surface area (Å²) in [4.78, 5) is 6.56. The molecule has 0 unspecified atom stereocenters. The zero-order valence-electron chi connectivity index (χ0n) is 10.5. The van der Waals surface area contributed by atoms with Crippen LogP contribution in [0.3, 0.4) is 0 Å². The summed E-state index contributed by atoms with van der Waals surface area (Å²) in [5.74, 6) is 6.32. The van der Waals surface area contributed by atoms with Crippen molar-refractivity contribution < 1.29 is 0 Å². The molecule has 1 aliphatic heterocycles. The molecule has 1 aromatic carbocycles. The van der Waals surface area contributed by atoms with E-state index in [1.165, 1.54) is 16.8 Å². The van der Waals surface area contributed by atoms with Gasteiger partial charge in [0.1, 0.15) is 0 Å². The van der Waals surface area contributed by atoms with Crippen molar-refractivity contribution in [3.63, 3.8) is 0 Å². The van der Waals surface area contributed by atoms with E-state index in [0.717, 1.165) is 31.9 Å². The first kappa shape index (κ1) is 11.9. The quantitative estimate of drug-likeness (QED) is 0.334. The zero-order valence-corrected chi connectivity index (χ0v) is 10.5. The van der Waals surface area contributed by atoms with Gasteiger partial charge in [0.25, 0.3) is 0 Å². The summed E-state index contributed by atoms with van der Waals surface area (Å²) in [6.45, 7) is 5.84. The maximum Gasteiger partial charge on any atom is 0.212 e. The van der Waals surface area contributed by atoms with Crippen LogP contribution in [0.4, 0.5) is 5.69 Å². The Morgan fingerprint density at radius 1 is 1.53 bits per heavy atom. The number of aliphatic imine (C=N–C) groups is 1. The fourth-order valence-electron chi connectivity index (χ4n) is 2.30. The third-order valence-electron chi connectivity index (χ3n) is 3.05. The highest BCUT2D eigenvalue weighted by atomic mass is 15.4. The Morgan fingerprint density at radius 3 is 3.06 bits per heavy atom. The van der Waals surface area contributed by atoms with Gasteiger partial charge in [0.05, 0.1) is 0 Å². The second-order valence-electron chi connectivity index (χ2n) is 4.33. The molecule has 17 heavy (non-hydrogen) atoms. The molecule has 0 aliphatic carbocycles. The van der Waals surface area contributed by atoms with Crippen LogP contribution < -0.4 is 16.2 Å². The van der Waals surface area contributed by atoms with E-state index in [2.05, 4.69) is 40.4 Å². The topological polar surface area (TPSA) is 53.6 Å². The number of nitrogens with zero attached hydrogens (tertiary/aromatic N) is 2. The van der Waals surface area contributed by atoms with Crippen molar-refractivity contribution in [1.29, 1.82) is 0 Å². The first-order valence-electron chi connectivity index (χ1n) is 6.14. The molecule has 0 fully saturated rings. The van der Waals surface area contributed by atoms with E-state index in [4.69, 9.17) is 5.84 Å². The number of benzene rings is 1. The van der Waals surface area contributed by atoms with E-state index in [1.807, 2.05) is 6.92 Å². The Morgan fingerprint density at radius 2 is 2.35 bits per heavy atom. The van der Waals surface area contributed by atoms with E-state index in [1.54, 1.807) is 0 Å².